The molecular weight excluding hydrogens is 286 g/mol. The number of aromatic nitrogens is 2. The Labute approximate surface area is 129 Å². The third kappa shape index (κ3) is 4.26. The van der Waals surface area contributed by atoms with Crippen molar-refractivity contribution >= 4 is 17.5 Å². The fraction of sp³-hybridized carbons (Fsp3) is 0.312. The van der Waals surface area contributed by atoms with E-state index in [1.807, 2.05) is 37.3 Å². The molecule has 21 heavy (non-hydrogen) atoms. The number of benzene rings is 1. The molecule has 1 aromatic carbocycles. The molecular formula is C16H18ClN3O. The first-order valence-corrected chi connectivity index (χ1v) is 7.35. The maximum Gasteiger partial charge on any atom is 0.253 e. The highest BCUT2D eigenvalue weighted by atomic mass is 35.5. The average Bonchev–Trinajstić information content (AvgIpc) is 2.50. The summed E-state index contributed by atoms with van der Waals surface area (Å²) >= 11 is 5.98. The van der Waals surface area contributed by atoms with Crippen molar-refractivity contribution in [2.24, 2.45) is 0 Å². The summed E-state index contributed by atoms with van der Waals surface area (Å²) in [6.07, 6.45) is 0.701. The molecule has 0 aliphatic heterocycles. The van der Waals surface area contributed by atoms with Crippen LogP contribution in [0.2, 0.25) is 0 Å². The Kier molecular flexibility index (Phi) is 5.28. The van der Waals surface area contributed by atoms with Gasteiger partial charge in [-0.25, -0.2) is 0 Å². The number of alkyl halides is 1. The molecule has 2 aromatic rings. The molecule has 1 aromatic heterocycles. The third-order valence-electron chi connectivity index (χ3n) is 3.19. The molecule has 0 radical (unpaired) electrons. The van der Waals surface area contributed by atoms with Gasteiger partial charge >= 0.3 is 0 Å². The summed E-state index contributed by atoms with van der Waals surface area (Å²) in [6.45, 7) is 3.58. The van der Waals surface area contributed by atoms with E-state index in [0.29, 0.717) is 23.6 Å². The zero-order valence-corrected chi connectivity index (χ0v) is 12.9. The summed E-state index contributed by atoms with van der Waals surface area (Å²) in [4.78, 5) is 12.3. The monoisotopic (exact) mass is 303 g/mol. The van der Waals surface area contributed by atoms with Gasteiger partial charge in [-0.3, -0.25) is 4.79 Å². The molecule has 4 nitrogen and oxygen atoms in total. The predicted octanol–water partition coefficient (Wildman–Crippen LogP) is 2.67. The van der Waals surface area contributed by atoms with Crippen molar-refractivity contribution in [3.8, 4) is 0 Å². The van der Waals surface area contributed by atoms with Gasteiger partial charge in [-0.15, -0.1) is 11.6 Å². The molecule has 1 N–H and O–H groups in total. The van der Waals surface area contributed by atoms with Crippen LogP contribution < -0.4 is 5.32 Å². The van der Waals surface area contributed by atoms with E-state index in [9.17, 15) is 4.79 Å². The van der Waals surface area contributed by atoms with Gasteiger partial charge in [-0.1, -0.05) is 30.3 Å². The smallest absolute Gasteiger partial charge is 0.253 e. The van der Waals surface area contributed by atoms with Crippen LogP contribution in [-0.2, 0) is 6.42 Å². The Hall–Kier alpha value is -1.94. The van der Waals surface area contributed by atoms with Gasteiger partial charge in [0.1, 0.15) is 0 Å². The summed E-state index contributed by atoms with van der Waals surface area (Å²) in [7, 11) is 0. The van der Waals surface area contributed by atoms with Gasteiger partial charge in [0.2, 0.25) is 0 Å². The maximum atomic E-state index is 12.3. The van der Waals surface area contributed by atoms with E-state index in [1.54, 1.807) is 13.0 Å². The Bertz CT molecular complexity index is 616. The highest BCUT2D eigenvalue weighted by Crippen LogP contribution is 2.08. The van der Waals surface area contributed by atoms with Gasteiger partial charge in [0.05, 0.1) is 17.0 Å². The molecule has 0 aliphatic carbocycles. The molecule has 0 saturated heterocycles. The number of rotatable bonds is 5. The molecule has 5 heteroatoms. The van der Waals surface area contributed by atoms with Crippen LogP contribution in [0.1, 0.15) is 27.3 Å². The Morgan fingerprint density at radius 2 is 1.95 bits per heavy atom. The number of nitrogens with zero attached hydrogens (tertiary/aromatic N) is 2. The van der Waals surface area contributed by atoms with E-state index in [4.69, 9.17) is 11.6 Å². The number of nitrogens with one attached hydrogen (secondary N) is 1. The van der Waals surface area contributed by atoms with Crippen molar-refractivity contribution in [1.82, 2.24) is 15.5 Å². The first-order valence-electron chi connectivity index (χ1n) is 6.82. The number of aryl methyl sites for hydroxylation is 2. The third-order valence-corrected chi connectivity index (χ3v) is 3.56. The zero-order chi connectivity index (χ0) is 15.2. The molecule has 0 saturated carbocycles. The molecule has 1 heterocycles. The van der Waals surface area contributed by atoms with Crippen molar-refractivity contribution in [2.75, 3.05) is 5.88 Å². The van der Waals surface area contributed by atoms with E-state index in [1.165, 1.54) is 0 Å². The fourth-order valence-corrected chi connectivity index (χ4v) is 2.27. The second kappa shape index (κ2) is 7.18. The van der Waals surface area contributed by atoms with Crippen molar-refractivity contribution in [2.45, 2.75) is 26.3 Å². The van der Waals surface area contributed by atoms with E-state index in [0.717, 1.165) is 11.3 Å². The van der Waals surface area contributed by atoms with Crippen LogP contribution in [-0.4, -0.2) is 28.0 Å². The van der Waals surface area contributed by atoms with E-state index in [-0.39, 0.29) is 11.9 Å². The minimum Gasteiger partial charge on any atom is -0.348 e. The number of hydrogen-bond acceptors (Lipinski definition) is 3. The highest BCUT2D eigenvalue weighted by Gasteiger charge is 2.16. The van der Waals surface area contributed by atoms with Crippen LogP contribution in [0.15, 0.2) is 36.4 Å². The van der Waals surface area contributed by atoms with Gasteiger partial charge < -0.3 is 5.32 Å². The largest absolute Gasteiger partial charge is 0.348 e. The molecule has 1 atom stereocenters. The van der Waals surface area contributed by atoms with Crippen LogP contribution in [0.3, 0.4) is 0 Å². The number of carbonyl (C=O) groups excluding carboxylic acids is 1. The first kappa shape index (κ1) is 15.4. The van der Waals surface area contributed by atoms with E-state index in [2.05, 4.69) is 15.5 Å². The van der Waals surface area contributed by atoms with Gasteiger partial charge in [-0.2, -0.15) is 10.2 Å². The minimum atomic E-state index is -0.160. The lowest BCUT2D eigenvalue weighted by Gasteiger charge is -2.17. The molecule has 0 spiro atoms. The number of hydrogen-bond donors (Lipinski definition) is 1. The van der Waals surface area contributed by atoms with Gasteiger partial charge in [0.25, 0.3) is 5.91 Å². The molecule has 0 aliphatic rings. The zero-order valence-electron chi connectivity index (χ0n) is 12.1. The summed E-state index contributed by atoms with van der Waals surface area (Å²) in [6, 6.07) is 11.6. The number of amides is 1. The van der Waals surface area contributed by atoms with Crippen molar-refractivity contribution in [3.63, 3.8) is 0 Å². The number of carbonyl (C=O) groups is 1. The molecule has 1 amide bonds. The second-order valence-electron chi connectivity index (χ2n) is 5.00. The fourth-order valence-electron chi connectivity index (χ4n) is 2.09. The Balaban J connectivity index is 2.07. The van der Waals surface area contributed by atoms with E-state index < -0.39 is 0 Å². The summed E-state index contributed by atoms with van der Waals surface area (Å²) in [5, 5.41) is 10.9. The molecule has 0 fully saturated rings. The van der Waals surface area contributed by atoms with Crippen LogP contribution >= 0.6 is 11.6 Å². The lowest BCUT2D eigenvalue weighted by Crippen LogP contribution is -2.38. The molecule has 0 bridgehead atoms. The minimum absolute atomic E-state index is 0.116. The van der Waals surface area contributed by atoms with Crippen LogP contribution in [0.25, 0.3) is 0 Å². The Morgan fingerprint density at radius 3 is 2.62 bits per heavy atom. The average molecular weight is 304 g/mol. The topological polar surface area (TPSA) is 54.9 Å². The first-order chi connectivity index (χ1) is 10.1. The normalized spacial score (nSPS) is 12.0. The quantitative estimate of drug-likeness (QED) is 0.864. The molecule has 1 unspecified atom stereocenters. The highest BCUT2D eigenvalue weighted by molar-refractivity contribution is 6.18. The van der Waals surface area contributed by atoms with Crippen molar-refractivity contribution in [3.05, 3.63) is 58.9 Å². The predicted molar refractivity (Wildman–Crippen MR) is 83.6 cm³/mol. The molecule has 2 rings (SSSR count). The summed E-state index contributed by atoms with van der Waals surface area (Å²) in [5.74, 6) is 0.198. The Morgan fingerprint density at radius 1 is 1.24 bits per heavy atom. The van der Waals surface area contributed by atoms with Gasteiger partial charge in [-0.05, 0) is 31.9 Å². The summed E-state index contributed by atoms with van der Waals surface area (Å²) < 4.78 is 0. The summed E-state index contributed by atoms with van der Waals surface area (Å²) in [5.41, 5.74) is 3.03. The van der Waals surface area contributed by atoms with Crippen LogP contribution in [0, 0.1) is 13.8 Å². The lowest BCUT2D eigenvalue weighted by atomic mass is 10.1. The van der Waals surface area contributed by atoms with Gasteiger partial charge in [0.15, 0.2) is 0 Å². The van der Waals surface area contributed by atoms with E-state index >= 15 is 0 Å². The maximum absolute atomic E-state index is 12.3. The van der Waals surface area contributed by atoms with Crippen LogP contribution in [0.4, 0.5) is 0 Å². The molecule has 110 valence electrons. The van der Waals surface area contributed by atoms with Gasteiger partial charge in [0, 0.05) is 11.9 Å². The standard InChI is InChI=1S/C16H18ClN3O/c1-11-8-15(12(2)20-19-11)16(21)18-14(10-17)9-13-6-4-3-5-7-13/h3-8,14H,9-10H2,1-2H3,(H,18,21). The number of halogens is 1. The van der Waals surface area contributed by atoms with Crippen molar-refractivity contribution < 1.29 is 4.79 Å². The van der Waals surface area contributed by atoms with Crippen LogP contribution in [0.5, 0.6) is 0 Å². The lowest BCUT2D eigenvalue weighted by molar-refractivity contribution is 0.0939. The SMILES string of the molecule is Cc1cc(C(=O)NC(CCl)Cc2ccccc2)c(C)nn1. The van der Waals surface area contributed by atoms with Crippen molar-refractivity contribution in [1.29, 1.82) is 0 Å². The second-order valence-corrected chi connectivity index (χ2v) is 5.31.